The zero-order chi connectivity index (χ0) is 12.3. The van der Waals surface area contributed by atoms with E-state index in [4.69, 9.17) is 11.6 Å². The minimum absolute atomic E-state index is 0.0651. The van der Waals surface area contributed by atoms with Crippen molar-refractivity contribution >= 4 is 17.4 Å². The molecule has 1 nitrogen and oxygen atoms in total. The molecule has 0 heterocycles. The van der Waals surface area contributed by atoms with Gasteiger partial charge in [0.25, 0.3) is 0 Å². The van der Waals surface area contributed by atoms with Gasteiger partial charge in [-0.1, -0.05) is 11.6 Å². The molecule has 1 aromatic carbocycles. The number of benzene rings is 1. The van der Waals surface area contributed by atoms with E-state index in [0.29, 0.717) is 5.02 Å². The molecule has 0 saturated carbocycles. The maximum Gasteiger partial charge on any atom is 0.314 e. The van der Waals surface area contributed by atoms with Crippen LogP contribution in [0.1, 0.15) is 16.8 Å². The van der Waals surface area contributed by atoms with Crippen molar-refractivity contribution in [1.82, 2.24) is 0 Å². The number of rotatable bonds is 4. The van der Waals surface area contributed by atoms with E-state index in [1.54, 1.807) is 0 Å². The summed E-state index contributed by atoms with van der Waals surface area (Å²) in [7, 11) is 0. The number of hydrogen-bond donors (Lipinski definition) is 0. The van der Waals surface area contributed by atoms with E-state index >= 15 is 0 Å². The molecule has 88 valence electrons. The fourth-order valence-corrected chi connectivity index (χ4v) is 1.16. The third-order valence-electron chi connectivity index (χ3n) is 1.88. The quantitative estimate of drug-likeness (QED) is 0.590. The van der Waals surface area contributed by atoms with Crippen LogP contribution in [0.3, 0.4) is 0 Å². The first-order valence-electron chi connectivity index (χ1n) is 4.27. The molecule has 0 N–H and O–H groups in total. The van der Waals surface area contributed by atoms with Gasteiger partial charge in [-0.25, -0.2) is 8.78 Å². The Morgan fingerprint density at radius 1 is 1.25 bits per heavy atom. The Kier molecular flexibility index (Phi) is 3.91. The zero-order valence-corrected chi connectivity index (χ0v) is 8.65. The first kappa shape index (κ1) is 13.0. The summed E-state index contributed by atoms with van der Waals surface area (Å²) in [5.74, 6) is -5.33. The van der Waals surface area contributed by atoms with Crippen molar-refractivity contribution in [2.75, 3.05) is 0 Å². The van der Waals surface area contributed by atoms with E-state index < -0.39 is 24.6 Å². The van der Waals surface area contributed by atoms with E-state index in [9.17, 15) is 22.4 Å². The van der Waals surface area contributed by atoms with Crippen LogP contribution in [0.15, 0.2) is 24.3 Å². The smallest absolute Gasteiger partial charge is 0.294 e. The van der Waals surface area contributed by atoms with Gasteiger partial charge in [0.1, 0.15) is 0 Å². The summed E-state index contributed by atoms with van der Waals surface area (Å²) in [6.45, 7) is 0. The molecule has 0 aliphatic rings. The lowest BCUT2D eigenvalue weighted by Gasteiger charge is -2.13. The van der Waals surface area contributed by atoms with E-state index in [1.165, 1.54) is 24.3 Å². The van der Waals surface area contributed by atoms with Crippen molar-refractivity contribution in [2.45, 2.75) is 18.8 Å². The normalized spacial score (nSPS) is 11.9. The Labute approximate surface area is 94.0 Å². The largest absolute Gasteiger partial charge is 0.314 e. The predicted octanol–water partition coefficient (Wildman–Crippen LogP) is 3.81. The highest BCUT2D eigenvalue weighted by Crippen LogP contribution is 2.28. The maximum absolute atomic E-state index is 12.6. The van der Waals surface area contributed by atoms with Crippen LogP contribution in [0, 0.1) is 0 Å². The van der Waals surface area contributed by atoms with Gasteiger partial charge in [0.05, 0.1) is 6.42 Å². The van der Waals surface area contributed by atoms with Crippen LogP contribution in [0.25, 0.3) is 0 Å². The van der Waals surface area contributed by atoms with Crippen LogP contribution >= 0.6 is 11.6 Å². The Hall–Kier alpha value is -1.10. The molecule has 1 aromatic rings. The molecular formula is C10H7ClF4O. The first-order valence-corrected chi connectivity index (χ1v) is 4.65. The number of carbonyl (C=O) groups is 1. The molecule has 0 aromatic heterocycles. The molecule has 0 aliphatic heterocycles. The lowest BCUT2D eigenvalue weighted by atomic mass is 10.1. The van der Waals surface area contributed by atoms with E-state index in [1.807, 2.05) is 0 Å². The summed E-state index contributed by atoms with van der Waals surface area (Å²) in [5.41, 5.74) is -0.0651. The molecule has 0 amide bonds. The number of carbonyl (C=O) groups excluding carboxylic acids is 1. The first-order chi connectivity index (χ1) is 7.33. The second-order valence-corrected chi connectivity index (χ2v) is 3.61. The van der Waals surface area contributed by atoms with Gasteiger partial charge >= 0.3 is 12.3 Å². The summed E-state index contributed by atoms with van der Waals surface area (Å²) >= 11 is 5.52. The number of Topliss-reactive ketones (excluding diaryl/α,β-unsaturated/α-hetero) is 1. The van der Waals surface area contributed by atoms with Gasteiger partial charge in [-0.3, -0.25) is 4.79 Å². The SMILES string of the molecule is O=C(CC(F)(F)C(F)F)c1ccc(Cl)cc1. The van der Waals surface area contributed by atoms with Gasteiger partial charge in [0.15, 0.2) is 5.78 Å². The number of ketones is 1. The van der Waals surface area contributed by atoms with Crippen molar-refractivity contribution in [2.24, 2.45) is 0 Å². The molecule has 1 rings (SSSR count). The Bertz CT molecular complexity index is 375. The highest BCUT2D eigenvalue weighted by molar-refractivity contribution is 6.30. The van der Waals surface area contributed by atoms with Crippen molar-refractivity contribution < 1.29 is 22.4 Å². The predicted molar refractivity (Wildman–Crippen MR) is 51.4 cm³/mol. The topological polar surface area (TPSA) is 17.1 Å². The molecule has 0 bridgehead atoms. The second-order valence-electron chi connectivity index (χ2n) is 3.17. The van der Waals surface area contributed by atoms with Crippen molar-refractivity contribution in [3.8, 4) is 0 Å². The highest BCUT2D eigenvalue weighted by atomic mass is 35.5. The van der Waals surface area contributed by atoms with Crippen molar-refractivity contribution in [3.63, 3.8) is 0 Å². The van der Waals surface area contributed by atoms with Gasteiger partial charge in [-0.05, 0) is 24.3 Å². The van der Waals surface area contributed by atoms with Crippen LogP contribution in [0.2, 0.25) is 5.02 Å². The van der Waals surface area contributed by atoms with Gasteiger partial charge in [0, 0.05) is 10.6 Å². The molecule has 0 radical (unpaired) electrons. The number of alkyl halides is 4. The Morgan fingerprint density at radius 3 is 2.19 bits per heavy atom. The van der Waals surface area contributed by atoms with Crippen LogP contribution < -0.4 is 0 Å². The second kappa shape index (κ2) is 4.82. The van der Waals surface area contributed by atoms with Crippen molar-refractivity contribution in [1.29, 1.82) is 0 Å². The van der Waals surface area contributed by atoms with Crippen LogP contribution in [0.5, 0.6) is 0 Å². The van der Waals surface area contributed by atoms with E-state index in [2.05, 4.69) is 0 Å². The Morgan fingerprint density at radius 2 is 1.75 bits per heavy atom. The minimum Gasteiger partial charge on any atom is -0.294 e. The maximum atomic E-state index is 12.6. The van der Waals surface area contributed by atoms with Gasteiger partial charge < -0.3 is 0 Å². The molecule has 0 aliphatic carbocycles. The van der Waals surface area contributed by atoms with Crippen LogP contribution in [-0.2, 0) is 0 Å². The average molecular weight is 255 g/mol. The third kappa shape index (κ3) is 3.20. The molecular weight excluding hydrogens is 248 g/mol. The van der Waals surface area contributed by atoms with E-state index in [-0.39, 0.29) is 5.56 Å². The van der Waals surface area contributed by atoms with Crippen LogP contribution in [-0.4, -0.2) is 18.1 Å². The minimum atomic E-state index is -4.29. The lowest BCUT2D eigenvalue weighted by Crippen LogP contribution is -2.29. The summed E-state index contributed by atoms with van der Waals surface area (Å²) in [6.07, 6.45) is -5.35. The molecule has 16 heavy (non-hydrogen) atoms. The zero-order valence-electron chi connectivity index (χ0n) is 7.89. The fourth-order valence-electron chi connectivity index (χ4n) is 1.03. The standard InChI is InChI=1S/C10H7ClF4O/c11-7-3-1-6(2-4-7)8(16)5-10(14,15)9(12)13/h1-4,9H,5H2. The van der Waals surface area contributed by atoms with Gasteiger partial charge in [-0.2, -0.15) is 8.78 Å². The van der Waals surface area contributed by atoms with Gasteiger partial charge in [0.2, 0.25) is 0 Å². The highest BCUT2D eigenvalue weighted by Gasteiger charge is 2.42. The summed E-state index contributed by atoms with van der Waals surface area (Å²) in [6, 6.07) is 5.09. The summed E-state index contributed by atoms with van der Waals surface area (Å²) in [5, 5.41) is 0.331. The molecule has 0 spiro atoms. The third-order valence-corrected chi connectivity index (χ3v) is 2.13. The lowest BCUT2D eigenvalue weighted by molar-refractivity contribution is -0.125. The van der Waals surface area contributed by atoms with Gasteiger partial charge in [-0.15, -0.1) is 0 Å². The summed E-state index contributed by atoms with van der Waals surface area (Å²) in [4.78, 5) is 11.2. The summed E-state index contributed by atoms with van der Waals surface area (Å²) < 4.78 is 48.8. The Balaban J connectivity index is 2.77. The van der Waals surface area contributed by atoms with Crippen LogP contribution in [0.4, 0.5) is 17.6 Å². The molecule has 0 saturated heterocycles. The average Bonchev–Trinajstić information content (AvgIpc) is 2.17. The van der Waals surface area contributed by atoms with E-state index in [0.717, 1.165) is 0 Å². The monoisotopic (exact) mass is 254 g/mol. The molecule has 6 heteroatoms. The van der Waals surface area contributed by atoms with Crippen molar-refractivity contribution in [3.05, 3.63) is 34.9 Å². The number of hydrogen-bond acceptors (Lipinski definition) is 1. The molecule has 0 fully saturated rings. The molecule has 0 atom stereocenters. The number of halogens is 5. The molecule has 0 unspecified atom stereocenters. The fraction of sp³-hybridized carbons (Fsp3) is 0.300.